The topological polar surface area (TPSA) is 153 Å². The number of hydrogen-bond acceptors (Lipinski definition) is 9. The molecule has 16 heteroatoms. The molecule has 0 bridgehead atoms. The van der Waals surface area contributed by atoms with Gasteiger partial charge in [0.15, 0.2) is 0 Å². The number of aromatic nitrogens is 5. The van der Waals surface area contributed by atoms with E-state index in [0.717, 1.165) is 46.4 Å². The van der Waals surface area contributed by atoms with Gasteiger partial charge in [-0.05, 0) is 123 Å². The van der Waals surface area contributed by atoms with Crippen molar-refractivity contribution in [2.45, 2.75) is 64.0 Å². The summed E-state index contributed by atoms with van der Waals surface area (Å²) in [5.41, 5.74) is 8.32. The Morgan fingerprint density at radius 3 is 2.41 bits per heavy atom. The minimum Gasteiger partial charge on any atom is -0.374 e. The second kappa shape index (κ2) is 18.0. The van der Waals surface area contributed by atoms with Gasteiger partial charge in [0.2, 0.25) is 11.8 Å². The first kappa shape index (κ1) is 44.4. The number of benzene rings is 3. The summed E-state index contributed by atoms with van der Waals surface area (Å²) in [6, 6.07) is 21.1. The van der Waals surface area contributed by atoms with Crippen LogP contribution in [-0.4, -0.2) is 86.2 Å². The molecule has 3 N–H and O–H groups in total. The van der Waals surface area contributed by atoms with Crippen LogP contribution < -0.4 is 26.0 Å². The van der Waals surface area contributed by atoms with Crippen molar-refractivity contribution in [2.75, 3.05) is 48.3 Å². The zero-order valence-electron chi connectivity index (χ0n) is 38.4. The van der Waals surface area contributed by atoms with E-state index in [1.54, 1.807) is 53.3 Å². The standard InChI is InChI=1S/C52H52F2N10O4/c1-30-25-35(51(67)60(3)37-8-5-32(6-9-37)33-14-22-63(23-15-33)45-11-7-36(27-40(45)53)57-43-10-12-47(65)58-50(43)66)26-41(54)48(30)34-16-20-62(21-17-34)31(2)46-28-38-44(13-19-55-49(38)61(46)4)64-24-18-42-39(52(64)68)29-56-59-42/h5-9,11,13,16,18-19,24-29,31,33,43,57H,10,12,14-15,17,20-23H2,1-4H3,(H,56,59)(H,58,65,66)/t31-,43?/m1/s1. The highest BCUT2D eigenvalue weighted by atomic mass is 19.1. The molecule has 348 valence electrons. The summed E-state index contributed by atoms with van der Waals surface area (Å²) >= 11 is 0. The van der Waals surface area contributed by atoms with Crippen molar-refractivity contribution in [1.82, 2.24) is 34.5 Å². The van der Waals surface area contributed by atoms with Gasteiger partial charge in [0.1, 0.15) is 23.3 Å². The van der Waals surface area contributed by atoms with Gasteiger partial charge in [0.25, 0.3) is 11.5 Å². The number of aryl methyl sites for hydroxylation is 2. The Hall–Kier alpha value is -7.46. The first-order valence-electron chi connectivity index (χ1n) is 23.1. The summed E-state index contributed by atoms with van der Waals surface area (Å²) in [5, 5.41) is 13.6. The van der Waals surface area contributed by atoms with E-state index in [4.69, 9.17) is 0 Å². The number of amides is 3. The summed E-state index contributed by atoms with van der Waals surface area (Å²) in [6.07, 6.45) is 9.96. The minimum atomic E-state index is -0.586. The van der Waals surface area contributed by atoms with Crippen LogP contribution in [0.3, 0.4) is 0 Å². The number of carbonyl (C=O) groups is 3. The Morgan fingerprint density at radius 1 is 0.897 bits per heavy atom. The lowest BCUT2D eigenvalue weighted by atomic mass is 9.89. The van der Waals surface area contributed by atoms with E-state index in [9.17, 15) is 19.2 Å². The molecule has 4 aromatic heterocycles. The van der Waals surface area contributed by atoms with E-state index < -0.39 is 17.8 Å². The second-order valence-corrected chi connectivity index (χ2v) is 18.2. The van der Waals surface area contributed by atoms with Crippen molar-refractivity contribution >= 4 is 62.3 Å². The van der Waals surface area contributed by atoms with Crippen LogP contribution in [0.25, 0.3) is 33.2 Å². The van der Waals surface area contributed by atoms with Crippen LogP contribution in [0.1, 0.15) is 83.7 Å². The molecule has 3 amide bonds. The van der Waals surface area contributed by atoms with Gasteiger partial charge in [-0.25, -0.2) is 13.8 Å². The molecule has 3 aliphatic rings. The SMILES string of the molecule is Cc1cc(C(=O)N(C)c2ccc(C3CCN(c4ccc(NC5CCC(=O)NC5=O)cc4F)CC3)cc2)cc(F)c1C1=CCN([C@H](C)c2cc3c(-n4ccc5[nH]ncc5c4=O)ccnc3n2C)CC1. The lowest BCUT2D eigenvalue weighted by Crippen LogP contribution is -2.47. The number of piperidine rings is 2. The van der Waals surface area contributed by atoms with Crippen LogP contribution in [0.15, 0.2) is 102 Å². The minimum absolute atomic E-state index is 0.00309. The molecule has 2 saturated heterocycles. The Bertz CT molecular complexity index is 3200. The van der Waals surface area contributed by atoms with Crippen molar-refractivity contribution in [2.24, 2.45) is 7.05 Å². The Balaban J connectivity index is 0.761. The molecule has 0 aliphatic carbocycles. The van der Waals surface area contributed by atoms with E-state index >= 15 is 8.78 Å². The molecule has 0 saturated carbocycles. The van der Waals surface area contributed by atoms with E-state index in [0.29, 0.717) is 78.1 Å². The molecule has 3 aliphatic heterocycles. The van der Waals surface area contributed by atoms with Gasteiger partial charge in [0.05, 0.1) is 28.5 Å². The van der Waals surface area contributed by atoms with Crippen molar-refractivity contribution in [1.29, 1.82) is 0 Å². The molecule has 14 nitrogen and oxygen atoms in total. The summed E-state index contributed by atoms with van der Waals surface area (Å²) in [4.78, 5) is 61.4. The number of pyridine rings is 2. The molecule has 7 heterocycles. The van der Waals surface area contributed by atoms with Gasteiger partial charge in [-0.15, -0.1) is 0 Å². The number of rotatable bonds is 10. The number of halogens is 2. The molecule has 1 unspecified atom stereocenters. The van der Waals surface area contributed by atoms with E-state index in [1.807, 2.05) is 55.3 Å². The molecular weight excluding hydrogens is 867 g/mol. The molecule has 0 radical (unpaired) electrons. The normalized spacial score (nSPS) is 17.6. The number of H-pyrrole nitrogens is 1. The summed E-state index contributed by atoms with van der Waals surface area (Å²) in [5.74, 6) is -1.55. The largest absolute Gasteiger partial charge is 0.374 e. The molecule has 68 heavy (non-hydrogen) atoms. The van der Waals surface area contributed by atoms with Gasteiger partial charge in [-0.1, -0.05) is 18.2 Å². The first-order valence-corrected chi connectivity index (χ1v) is 23.1. The van der Waals surface area contributed by atoms with Gasteiger partial charge in [-0.2, -0.15) is 5.10 Å². The lowest BCUT2D eigenvalue weighted by Gasteiger charge is -2.34. The highest BCUT2D eigenvalue weighted by Gasteiger charge is 2.29. The zero-order valence-corrected chi connectivity index (χ0v) is 38.4. The third kappa shape index (κ3) is 8.22. The average Bonchev–Trinajstić information content (AvgIpc) is 3.97. The van der Waals surface area contributed by atoms with Crippen LogP contribution in [0.5, 0.6) is 0 Å². The van der Waals surface area contributed by atoms with Gasteiger partial charge in [-0.3, -0.25) is 39.1 Å². The highest BCUT2D eigenvalue weighted by molar-refractivity contribution is 6.06. The number of anilines is 3. The second-order valence-electron chi connectivity index (χ2n) is 18.2. The predicted octanol–water partition coefficient (Wildman–Crippen LogP) is 7.92. The van der Waals surface area contributed by atoms with E-state index in [-0.39, 0.29) is 47.1 Å². The number of fused-ring (bicyclic) bond motifs is 2. The van der Waals surface area contributed by atoms with Gasteiger partial charge < -0.3 is 19.7 Å². The number of hydrogen-bond donors (Lipinski definition) is 3. The highest BCUT2D eigenvalue weighted by Crippen LogP contribution is 2.36. The number of imide groups is 1. The van der Waals surface area contributed by atoms with Crippen molar-refractivity contribution in [3.8, 4) is 5.69 Å². The summed E-state index contributed by atoms with van der Waals surface area (Å²) in [6.45, 7) is 6.63. The maximum Gasteiger partial charge on any atom is 0.266 e. The molecule has 10 rings (SSSR count). The fourth-order valence-corrected chi connectivity index (χ4v) is 10.3. The maximum atomic E-state index is 16.1. The van der Waals surface area contributed by atoms with Crippen LogP contribution >= 0.6 is 0 Å². The van der Waals surface area contributed by atoms with Gasteiger partial charge in [0, 0.05) is 98.7 Å². The van der Waals surface area contributed by atoms with Crippen molar-refractivity contribution < 1.29 is 23.2 Å². The Kier molecular flexibility index (Phi) is 11.7. The van der Waals surface area contributed by atoms with Crippen LogP contribution in [0, 0.1) is 18.6 Å². The average molecular weight is 919 g/mol. The lowest BCUT2D eigenvalue weighted by molar-refractivity contribution is -0.133. The third-order valence-electron chi connectivity index (χ3n) is 14.2. The van der Waals surface area contributed by atoms with Crippen LogP contribution in [0.2, 0.25) is 0 Å². The molecular formula is C52H52F2N10O4. The predicted molar refractivity (Wildman–Crippen MR) is 259 cm³/mol. The first-order chi connectivity index (χ1) is 32.8. The van der Waals surface area contributed by atoms with Crippen LogP contribution in [0.4, 0.5) is 25.8 Å². The van der Waals surface area contributed by atoms with Crippen LogP contribution in [-0.2, 0) is 16.6 Å². The monoisotopic (exact) mass is 918 g/mol. The smallest absolute Gasteiger partial charge is 0.266 e. The number of aromatic amines is 1. The molecule has 2 fully saturated rings. The number of nitrogens with one attached hydrogen (secondary N) is 3. The summed E-state index contributed by atoms with van der Waals surface area (Å²) in [7, 11) is 3.68. The maximum absolute atomic E-state index is 16.1. The zero-order chi connectivity index (χ0) is 47.4. The fourth-order valence-electron chi connectivity index (χ4n) is 10.3. The summed E-state index contributed by atoms with van der Waals surface area (Å²) < 4.78 is 35.1. The Morgan fingerprint density at radius 2 is 1.69 bits per heavy atom. The molecule has 0 spiro atoms. The fraction of sp³-hybridized carbons (Fsp3) is 0.308. The quantitative estimate of drug-likeness (QED) is 0.116. The van der Waals surface area contributed by atoms with Gasteiger partial charge >= 0.3 is 0 Å². The molecule has 7 aromatic rings. The van der Waals surface area contributed by atoms with Crippen molar-refractivity contribution in [3.05, 3.63) is 147 Å². The molecule has 2 atom stereocenters. The van der Waals surface area contributed by atoms with E-state index in [1.165, 1.54) is 12.1 Å². The third-order valence-corrected chi connectivity index (χ3v) is 14.2. The number of carbonyl (C=O) groups excluding carboxylic acids is 3. The van der Waals surface area contributed by atoms with E-state index in [2.05, 4.69) is 54.3 Å². The number of nitrogens with zero attached hydrogens (tertiary/aromatic N) is 7. The molecule has 3 aromatic carbocycles. The Labute approximate surface area is 391 Å². The van der Waals surface area contributed by atoms with Crippen molar-refractivity contribution in [3.63, 3.8) is 0 Å².